The summed E-state index contributed by atoms with van der Waals surface area (Å²) < 4.78 is 15.1. The molecule has 0 saturated carbocycles. The Labute approximate surface area is 204 Å². The third kappa shape index (κ3) is 3.43. The lowest BCUT2D eigenvalue weighted by Gasteiger charge is -2.35. The van der Waals surface area contributed by atoms with Gasteiger partial charge in [-0.3, -0.25) is 4.90 Å². The van der Waals surface area contributed by atoms with Gasteiger partial charge in [-0.05, 0) is 41.9 Å². The fraction of sp³-hybridized carbons (Fsp3) is 0.250. The van der Waals surface area contributed by atoms with E-state index in [1.807, 2.05) is 18.2 Å². The molecule has 5 aromatic heterocycles. The number of nitrogen functional groups attached to an aromatic ring is 1. The molecule has 0 spiro atoms. The van der Waals surface area contributed by atoms with Crippen molar-refractivity contribution in [1.82, 2.24) is 33.4 Å². The second kappa shape index (κ2) is 8.07. The van der Waals surface area contributed by atoms with E-state index in [1.54, 1.807) is 22.3 Å². The molecule has 1 saturated heterocycles. The number of aromatic nitrogens is 6. The van der Waals surface area contributed by atoms with Crippen molar-refractivity contribution in [3.8, 4) is 11.6 Å². The van der Waals surface area contributed by atoms with E-state index in [0.717, 1.165) is 56.1 Å². The molecule has 6 aromatic rings. The maximum atomic E-state index is 6.24. The molecule has 6 heterocycles. The monoisotopic (exact) mass is 485 g/mol. The first kappa shape index (κ1) is 20.4. The van der Waals surface area contributed by atoms with Crippen LogP contribution in [0.5, 0.6) is 0 Å². The van der Waals surface area contributed by atoms with Crippen LogP contribution in [0.1, 0.15) is 0 Å². The van der Waals surface area contributed by atoms with Gasteiger partial charge in [0.25, 0.3) is 0 Å². The van der Waals surface area contributed by atoms with Crippen molar-refractivity contribution in [2.24, 2.45) is 0 Å². The minimum absolute atomic E-state index is 0.307. The highest BCUT2D eigenvalue weighted by Crippen LogP contribution is 2.30. The highest BCUT2D eigenvalue weighted by molar-refractivity contribution is 7.13. The molecule has 7 rings (SSSR count). The molecule has 1 fully saturated rings. The number of benzene rings is 1. The first-order valence-electron chi connectivity index (χ1n) is 11.6. The van der Waals surface area contributed by atoms with Crippen LogP contribution < -0.4 is 10.6 Å². The van der Waals surface area contributed by atoms with Crippen LogP contribution in [0.15, 0.2) is 59.3 Å². The molecule has 11 heteroatoms. The minimum Gasteiger partial charge on any atom is -0.461 e. The molecule has 0 atom stereocenters. The summed E-state index contributed by atoms with van der Waals surface area (Å²) in [4.78, 5) is 14.2. The number of nitrogens with zero attached hydrogens (tertiary/aromatic N) is 8. The Balaban J connectivity index is 1.07. The van der Waals surface area contributed by atoms with E-state index in [9.17, 15) is 0 Å². The van der Waals surface area contributed by atoms with E-state index >= 15 is 0 Å². The second-order valence-electron chi connectivity index (χ2n) is 8.70. The van der Waals surface area contributed by atoms with Gasteiger partial charge in [0.05, 0.1) is 16.3 Å². The molecule has 0 radical (unpaired) electrons. The van der Waals surface area contributed by atoms with Gasteiger partial charge in [0, 0.05) is 50.9 Å². The Hall–Kier alpha value is -3.96. The normalized spacial score (nSPS) is 15.1. The topological polar surface area (TPSA) is 107 Å². The zero-order valence-corrected chi connectivity index (χ0v) is 19.7. The van der Waals surface area contributed by atoms with Gasteiger partial charge >= 0.3 is 0 Å². The number of nitrogens with two attached hydrogens (primary N) is 1. The van der Waals surface area contributed by atoms with Crippen LogP contribution in [-0.2, 0) is 6.54 Å². The quantitative estimate of drug-likeness (QED) is 0.396. The molecular formula is C24H23N9OS. The van der Waals surface area contributed by atoms with Gasteiger partial charge in [0.15, 0.2) is 11.4 Å². The average Bonchev–Trinajstić information content (AvgIpc) is 3.68. The Morgan fingerprint density at radius 2 is 1.80 bits per heavy atom. The van der Waals surface area contributed by atoms with Crippen LogP contribution >= 0.6 is 11.5 Å². The van der Waals surface area contributed by atoms with Gasteiger partial charge in [-0.1, -0.05) is 12.1 Å². The lowest BCUT2D eigenvalue weighted by Crippen LogP contribution is -2.47. The number of piperazine rings is 1. The van der Waals surface area contributed by atoms with E-state index in [1.165, 1.54) is 10.1 Å². The molecule has 176 valence electrons. The number of fused-ring (bicyclic) bond motifs is 4. The molecule has 1 aliphatic heterocycles. The summed E-state index contributed by atoms with van der Waals surface area (Å²) in [5.41, 5.74) is 7.74. The predicted octanol–water partition coefficient (Wildman–Crippen LogP) is 3.35. The summed E-state index contributed by atoms with van der Waals surface area (Å²) in [5, 5.41) is 6.65. The first-order chi connectivity index (χ1) is 17.2. The van der Waals surface area contributed by atoms with Crippen LogP contribution in [0.3, 0.4) is 0 Å². The van der Waals surface area contributed by atoms with Crippen molar-refractivity contribution in [3.63, 3.8) is 0 Å². The van der Waals surface area contributed by atoms with E-state index in [4.69, 9.17) is 14.5 Å². The maximum Gasteiger partial charge on any atom is 0.225 e. The van der Waals surface area contributed by atoms with Gasteiger partial charge in [-0.15, -0.1) is 5.10 Å². The predicted molar refractivity (Wildman–Crippen MR) is 137 cm³/mol. The standard InChI is InChI=1S/C24H23N9OS/c25-24-27-21-17(22-26-20(28-33(22)24)18-5-3-15-34-18)7-8-31(21)12-9-30-10-13-32(14-11-30)23-16-4-1-2-6-19(16)35-29-23/h1-8,15H,9-14H2,(H2,25,27). The SMILES string of the molecule is Nc1nc2c(ccn2CCN2CCN(c3nsc4ccccc34)CC2)c2nc(-c3ccco3)nn12. The molecular weight excluding hydrogens is 462 g/mol. The Morgan fingerprint density at radius 1 is 0.914 bits per heavy atom. The molecule has 2 N–H and O–H groups in total. The average molecular weight is 486 g/mol. The van der Waals surface area contributed by atoms with E-state index in [-0.39, 0.29) is 0 Å². The smallest absolute Gasteiger partial charge is 0.225 e. The molecule has 0 unspecified atom stereocenters. The van der Waals surface area contributed by atoms with Gasteiger partial charge in [-0.25, -0.2) is 4.98 Å². The maximum absolute atomic E-state index is 6.24. The number of furan rings is 1. The van der Waals surface area contributed by atoms with Crippen LogP contribution in [-0.4, -0.2) is 66.1 Å². The van der Waals surface area contributed by atoms with E-state index < -0.39 is 0 Å². The van der Waals surface area contributed by atoms with Crippen molar-refractivity contribution in [3.05, 3.63) is 54.9 Å². The first-order valence-corrected chi connectivity index (χ1v) is 12.4. The fourth-order valence-corrected chi connectivity index (χ4v) is 5.58. The summed E-state index contributed by atoms with van der Waals surface area (Å²) in [7, 11) is 0. The lowest BCUT2D eigenvalue weighted by molar-refractivity contribution is 0.249. The largest absolute Gasteiger partial charge is 0.461 e. The van der Waals surface area contributed by atoms with Crippen molar-refractivity contribution >= 4 is 50.1 Å². The number of rotatable bonds is 5. The van der Waals surface area contributed by atoms with Crippen molar-refractivity contribution in [2.75, 3.05) is 43.4 Å². The second-order valence-corrected chi connectivity index (χ2v) is 9.50. The zero-order chi connectivity index (χ0) is 23.4. The number of hydrogen-bond acceptors (Lipinski definition) is 9. The van der Waals surface area contributed by atoms with Gasteiger partial charge < -0.3 is 19.6 Å². The van der Waals surface area contributed by atoms with Gasteiger partial charge in [0.1, 0.15) is 11.5 Å². The van der Waals surface area contributed by atoms with Crippen molar-refractivity contribution < 1.29 is 4.42 Å². The van der Waals surface area contributed by atoms with Crippen LogP contribution in [0.25, 0.3) is 38.4 Å². The summed E-state index contributed by atoms with van der Waals surface area (Å²) in [6.07, 6.45) is 3.66. The summed E-state index contributed by atoms with van der Waals surface area (Å²) in [5.74, 6) is 2.52. The van der Waals surface area contributed by atoms with Crippen LogP contribution in [0.4, 0.5) is 11.8 Å². The molecule has 0 amide bonds. The van der Waals surface area contributed by atoms with Gasteiger partial charge in [0.2, 0.25) is 11.8 Å². The molecule has 35 heavy (non-hydrogen) atoms. The third-order valence-electron chi connectivity index (χ3n) is 6.65. The molecule has 0 aliphatic carbocycles. The zero-order valence-electron chi connectivity index (χ0n) is 18.9. The fourth-order valence-electron chi connectivity index (χ4n) is 4.79. The summed E-state index contributed by atoms with van der Waals surface area (Å²) >= 11 is 1.58. The molecule has 1 aliphatic rings. The molecule has 10 nitrogen and oxygen atoms in total. The third-order valence-corrected chi connectivity index (χ3v) is 7.47. The Kier molecular flexibility index (Phi) is 4.71. The molecule has 0 bridgehead atoms. The number of anilines is 2. The number of hydrogen-bond donors (Lipinski definition) is 1. The van der Waals surface area contributed by atoms with Crippen LogP contribution in [0, 0.1) is 0 Å². The Morgan fingerprint density at radius 3 is 2.66 bits per heavy atom. The van der Waals surface area contributed by atoms with E-state index in [0.29, 0.717) is 23.2 Å². The minimum atomic E-state index is 0.307. The van der Waals surface area contributed by atoms with Crippen molar-refractivity contribution in [1.29, 1.82) is 0 Å². The lowest BCUT2D eigenvalue weighted by atomic mass is 10.2. The summed E-state index contributed by atoms with van der Waals surface area (Å²) in [6.45, 7) is 5.71. The van der Waals surface area contributed by atoms with Gasteiger partial charge in [-0.2, -0.15) is 13.9 Å². The van der Waals surface area contributed by atoms with Crippen molar-refractivity contribution in [2.45, 2.75) is 6.54 Å². The van der Waals surface area contributed by atoms with E-state index in [2.05, 4.69) is 59.9 Å². The highest BCUT2D eigenvalue weighted by atomic mass is 32.1. The molecule has 1 aromatic carbocycles. The highest BCUT2D eigenvalue weighted by Gasteiger charge is 2.21. The Bertz CT molecular complexity index is 1640. The van der Waals surface area contributed by atoms with Crippen LogP contribution in [0.2, 0.25) is 0 Å². The summed E-state index contributed by atoms with van der Waals surface area (Å²) in [6, 6.07) is 14.1.